The summed E-state index contributed by atoms with van der Waals surface area (Å²) in [4.78, 5) is 13.3. The molecule has 0 bridgehead atoms. The van der Waals surface area contributed by atoms with Gasteiger partial charge in [-0.1, -0.05) is 23.2 Å². The van der Waals surface area contributed by atoms with E-state index in [2.05, 4.69) is 9.71 Å². The number of fused-ring (bicyclic) bond motifs is 1. The summed E-state index contributed by atoms with van der Waals surface area (Å²) < 4.78 is 42.0. The number of benzene rings is 2. The number of anilines is 1. The number of nitrogens with zero attached hydrogens (tertiary/aromatic N) is 2. The van der Waals surface area contributed by atoms with Gasteiger partial charge in [-0.15, -0.1) is 11.3 Å². The Hall–Kier alpha value is -2.01. The lowest BCUT2D eigenvalue weighted by molar-refractivity contribution is -0.384. The first-order valence-electron chi connectivity index (χ1n) is 6.81. The van der Waals surface area contributed by atoms with Crippen LogP contribution in [0, 0.1) is 22.9 Å². The van der Waals surface area contributed by atoms with E-state index in [4.69, 9.17) is 23.2 Å². The molecule has 3 aromatic rings. The maximum Gasteiger partial charge on any atom is 0.290 e. The Balaban J connectivity index is 2.06. The van der Waals surface area contributed by atoms with Gasteiger partial charge < -0.3 is 0 Å². The second-order valence-corrected chi connectivity index (χ2v) is 8.83. The Kier molecular flexibility index (Phi) is 4.78. The molecule has 0 unspecified atom stereocenters. The van der Waals surface area contributed by atoms with E-state index >= 15 is 0 Å². The van der Waals surface area contributed by atoms with Crippen LogP contribution in [0.15, 0.2) is 29.2 Å². The molecular formula is C14H8Cl2FN3O4S2. The van der Waals surface area contributed by atoms with Crippen LogP contribution >= 0.6 is 34.5 Å². The average Bonchev–Trinajstić information content (AvgIpc) is 2.87. The van der Waals surface area contributed by atoms with E-state index in [1.807, 2.05) is 0 Å². The highest BCUT2D eigenvalue weighted by Crippen LogP contribution is 2.34. The van der Waals surface area contributed by atoms with Gasteiger partial charge in [-0.05, 0) is 25.1 Å². The van der Waals surface area contributed by atoms with Crippen molar-refractivity contribution in [2.45, 2.75) is 11.8 Å². The van der Waals surface area contributed by atoms with Crippen molar-refractivity contribution in [3.8, 4) is 0 Å². The fourth-order valence-electron chi connectivity index (χ4n) is 2.21. The van der Waals surface area contributed by atoms with Gasteiger partial charge in [0.15, 0.2) is 5.82 Å². The van der Waals surface area contributed by atoms with E-state index in [0.29, 0.717) is 22.3 Å². The van der Waals surface area contributed by atoms with Gasteiger partial charge in [0.25, 0.3) is 15.7 Å². The molecule has 0 atom stereocenters. The quantitative estimate of drug-likeness (QED) is 0.469. The van der Waals surface area contributed by atoms with Crippen molar-refractivity contribution >= 4 is 66.2 Å². The van der Waals surface area contributed by atoms with Crippen molar-refractivity contribution in [2.24, 2.45) is 0 Å². The number of halogens is 3. The molecule has 2 aromatic carbocycles. The Labute approximate surface area is 160 Å². The lowest BCUT2D eigenvalue weighted by atomic mass is 10.3. The highest BCUT2D eigenvalue weighted by atomic mass is 35.5. The van der Waals surface area contributed by atoms with E-state index in [9.17, 15) is 22.9 Å². The van der Waals surface area contributed by atoms with Gasteiger partial charge in [0.05, 0.1) is 36.9 Å². The zero-order valence-electron chi connectivity index (χ0n) is 12.8. The minimum Gasteiger partial charge on any atom is -0.278 e. The first kappa shape index (κ1) is 18.8. The lowest BCUT2D eigenvalue weighted by Crippen LogP contribution is -2.15. The second kappa shape index (κ2) is 6.62. The highest BCUT2D eigenvalue weighted by Gasteiger charge is 2.26. The number of nitro benzene ring substituents is 1. The van der Waals surface area contributed by atoms with Crippen molar-refractivity contribution in [2.75, 3.05) is 4.72 Å². The van der Waals surface area contributed by atoms with Crippen molar-refractivity contribution in [1.82, 2.24) is 4.98 Å². The number of aryl methyl sites for hydroxylation is 1. The zero-order valence-corrected chi connectivity index (χ0v) is 15.9. The molecule has 1 N–H and O–H groups in total. The predicted octanol–water partition coefficient (Wildman–Crippen LogP) is 4.76. The average molecular weight is 436 g/mol. The van der Waals surface area contributed by atoms with Crippen molar-refractivity contribution in [1.29, 1.82) is 0 Å². The van der Waals surface area contributed by atoms with Gasteiger partial charge in [-0.25, -0.2) is 17.8 Å². The van der Waals surface area contributed by atoms with Crippen molar-refractivity contribution in [3.63, 3.8) is 0 Å². The molecule has 0 aliphatic rings. The van der Waals surface area contributed by atoms with E-state index in [1.165, 1.54) is 23.5 Å². The predicted molar refractivity (Wildman–Crippen MR) is 98.2 cm³/mol. The highest BCUT2D eigenvalue weighted by molar-refractivity contribution is 7.92. The van der Waals surface area contributed by atoms with Gasteiger partial charge >= 0.3 is 0 Å². The molecular weight excluding hydrogens is 428 g/mol. The third-order valence-corrected chi connectivity index (χ3v) is 6.25. The molecule has 0 aliphatic heterocycles. The van der Waals surface area contributed by atoms with Crippen LogP contribution in [-0.2, 0) is 10.0 Å². The minimum absolute atomic E-state index is 0.0247. The number of hydrogen-bond donors (Lipinski definition) is 1. The molecule has 26 heavy (non-hydrogen) atoms. The van der Waals surface area contributed by atoms with Gasteiger partial charge in [-0.3, -0.25) is 14.8 Å². The number of nitro groups is 1. The summed E-state index contributed by atoms with van der Waals surface area (Å²) in [6, 6.07) is 4.09. The van der Waals surface area contributed by atoms with Crippen LogP contribution in [-0.4, -0.2) is 18.3 Å². The third-order valence-electron chi connectivity index (χ3n) is 3.32. The van der Waals surface area contributed by atoms with E-state index < -0.39 is 36.4 Å². The molecule has 12 heteroatoms. The van der Waals surface area contributed by atoms with Gasteiger partial charge in [0.1, 0.15) is 9.92 Å². The third kappa shape index (κ3) is 3.45. The number of aromatic nitrogens is 1. The minimum atomic E-state index is -4.43. The Morgan fingerprint density at radius 3 is 2.58 bits per heavy atom. The first-order chi connectivity index (χ1) is 12.1. The van der Waals surface area contributed by atoms with E-state index in [1.54, 1.807) is 6.92 Å². The molecule has 1 aromatic heterocycles. The maximum atomic E-state index is 14.1. The fraction of sp³-hybridized carbons (Fsp3) is 0.0714. The molecule has 0 spiro atoms. The number of thiazole rings is 1. The topological polar surface area (TPSA) is 102 Å². The molecule has 0 amide bonds. The molecule has 1 heterocycles. The summed E-state index contributed by atoms with van der Waals surface area (Å²) in [5.74, 6) is -1.31. The second-order valence-electron chi connectivity index (χ2n) is 5.13. The zero-order chi connectivity index (χ0) is 19.2. The summed E-state index contributed by atoms with van der Waals surface area (Å²) in [7, 11) is -4.43. The van der Waals surface area contributed by atoms with Crippen LogP contribution in [0.4, 0.5) is 15.8 Å². The van der Waals surface area contributed by atoms with Crippen molar-refractivity contribution in [3.05, 3.63) is 55.2 Å². The maximum absolute atomic E-state index is 14.1. The smallest absolute Gasteiger partial charge is 0.278 e. The molecule has 3 rings (SSSR count). The molecule has 0 saturated heterocycles. The Morgan fingerprint density at radius 2 is 1.92 bits per heavy atom. The number of hydrogen-bond acceptors (Lipinski definition) is 6. The number of sulfonamides is 1. The van der Waals surface area contributed by atoms with Crippen LogP contribution in [0.25, 0.3) is 10.2 Å². The van der Waals surface area contributed by atoms with E-state index in [-0.39, 0.29) is 10.7 Å². The number of rotatable bonds is 4. The Bertz CT molecular complexity index is 1160. The van der Waals surface area contributed by atoms with Gasteiger partial charge in [0, 0.05) is 0 Å². The van der Waals surface area contributed by atoms with Gasteiger partial charge in [0.2, 0.25) is 0 Å². The fourth-order valence-corrected chi connectivity index (χ4v) is 4.77. The summed E-state index contributed by atoms with van der Waals surface area (Å²) in [6.45, 7) is 1.79. The summed E-state index contributed by atoms with van der Waals surface area (Å²) >= 11 is 13.1. The summed E-state index contributed by atoms with van der Waals surface area (Å²) in [6.07, 6.45) is 0. The van der Waals surface area contributed by atoms with Crippen LogP contribution in [0.5, 0.6) is 0 Å². The largest absolute Gasteiger partial charge is 0.290 e. The molecule has 7 nitrogen and oxygen atoms in total. The molecule has 136 valence electrons. The Morgan fingerprint density at radius 1 is 1.23 bits per heavy atom. The standard InChI is InChI=1S/C14H8Cl2FN3O4S2/c1-6-18-11-2-7(15)10(5-13(11)25-6)19-26(23,24)14-3-8(16)12(20(21)22)4-9(14)17/h2-5,19H,1H3. The number of nitrogens with one attached hydrogen (secondary N) is 1. The van der Waals surface area contributed by atoms with Gasteiger partial charge in [-0.2, -0.15) is 0 Å². The summed E-state index contributed by atoms with van der Waals surface area (Å²) in [5, 5.41) is 11.1. The normalized spacial score (nSPS) is 11.7. The first-order valence-corrected chi connectivity index (χ1v) is 9.87. The van der Waals surface area contributed by atoms with Crippen LogP contribution in [0.3, 0.4) is 0 Å². The molecule has 0 saturated carbocycles. The van der Waals surface area contributed by atoms with Crippen LogP contribution < -0.4 is 4.72 Å². The monoisotopic (exact) mass is 435 g/mol. The molecule has 0 radical (unpaired) electrons. The van der Waals surface area contributed by atoms with Crippen LogP contribution in [0.1, 0.15) is 5.01 Å². The molecule has 0 aliphatic carbocycles. The van der Waals surface area contributed by atoms with E-state index in [0.717, 1.165) is 5.01 Å². The SMILES string of the molecule is Cc1nc2cc(Cl)c(NS(=O)(=O)c3cc(Cl)c([N+](=O)[O-])cc3F)cc2s1. The van der Waals surface area contributed by atoms with Crippen molar-refractivity contribution < 1.29 is 17.7 Å². The summed E-state index contributed by atoms with van der Waals surface area (Å²) in [5.41, 5.74) is -0.107. The van der Waals surface area contributed by atoms with Crippen LogP contribution in [0.2, 0.25) is 10.0 Å². The lowest BCUT2D eigenvalue weighted by Gasteiger charge is -2.11. The molecule has 0 fully saturated rings.